The lowest BCUT2D eigenvalue weighted by Gasteiger charge is -2.31. The summed E-state index contributed by atoms with van der Waals surface area (Å²) >= 11 is 0. The molecule has 1 aliphatic heterocycles. The average Bonchev–Trinajstić information content (AvgIpc) is 2.33. The molecule has 1 aliphatic rings. The SMILES string of the molecule is COc1ccc2c(c1)OCC(C)(CO)C2=O. The van der Waals surface area contributed by atoms with Crippen molar-refractivity contribution in [3.8, 4) is 11.5 Å². The van der Waals surface area contributed by atoms with E-state index < -0.39 is 5.41 Å². The van der Waals surface area contributed by atoms with Gasteiger partial charge in [-0.1, -0.05) is 0 Å². The lowest BCUT2D eigenvalue weighted by Crippen LogP contribution is -2.41. The normalized spacial score (nSPS) is 23.6. The van der Waals surface area contributed by atoms with E-state index in [-0.39, 0.29) is 19.0 Å². The highest BCUT2D eigenvalue weighted by Gasteiger charge is 2.39. The zero-order chi connectivity index (χ0) is 11.8. The fourth-order valence-electron chi connectivity index (χ4n) is 1.68. The van der Waals surface area contributed by atoms with Gasteiger partial charge in [0, 0.05) is 6.07 Å². The van der Waals surface area contributed by atoms with Crippen LogP contribution in [-0.2, 0) is 0 Å². The monoisotopic (exact) mass is 222 g/mol. The highest BCUT2D eigenvalue weighted by molar-refractivity contribution is 6.03. The molecule has 0 spiro atoms. The van der Waals surface area contributed by atoms with Gasteiger partial charge in [0.05, 0.1) is 24.7 Å². The lowest BCUT2D eigenvalue weighted by molar-refractivity contribution is 0.0454. The van der Waals surface area contributed by atoms with Crippen molar-refractivity contribution in [3.63, 3.8) is 0 Å². The van der Waals surface area contributed by atoms with Crippen LogP contribution in [0.15, 0.2) is 18.2 Å². The first-order valence-electron chi connectivity index (χ1n) is 5.07. The highest BCUT2D eigenvalue weighted by atomic mass is 16.5. The van der Waals surface area contributed by atoms with Gasteiger partial charge in [-0.2, -0.15) is 0 Å². The van der Waals surface area contributed by atoms with E-state index in [1.54, 1.807) is 32.2 Å². The first-order valence-corrected chi connectivity index (χ1v) is 5.07. The van der Waals surface area contributed by atoms with Gasteiger partial charge in [-0.15, -0.1) is 0 Å². The quantitative estimate of drug-likeness (QED) is 0.818. The van der Waals surface area contributed by atoms with E-state index in [0.29, 0.717) is 17.1 Å². The molecule has 0 aliphatic carbocycles. The summed E-state index contributed by atoms with van der Waals surface area (Å²) in [5, 5.41) is 9.22. The van der Waals surface area contributed by atoms with Crippen molar-refractivity contribution in [2.24, 2.45) is 5.41 Å². The van der Waals surface area contributed by atoms with Crippen LogP contribution in [0.4, 0.5) is 0 Å². The van der Waals surface area contributed by atoms with Crippen molar-refractivity contribution in [1.82, 2.24) is 0 Å². The van der Waals surface area contributed by atoms with Crippen molar-refractivity contribution in [2.45, 2.75) is 6.92 Å². The Morgan fingerprint density at radius 1 is 1.56 bits per heavy atom. The number of carbonyl (C=O) groups is 1. The van der Waals surface area contributed by atoms with Crippen LogP contribution in [-0.4, -0.2) is 31.2 Å². The largest absolute Gasteiger partial charge is 0.497 e. The minimum atomic E-state index is -0.832. The molecular formula is C12H14O4. The van der Waals surface area contributed by atoms with Crippen LogP contribution in [0, 0.1) is 5.41 Å². The number of fused-ring (bicyclic) bond motifs is 1. The molecular weight excluding hydrogens is 208 g/mol. The molecule has 1 heterocycles. The van der Waals surface area contributed by atoms with Crippen LogP contribution in [0.2, 0.25) is 0 Å². The number of aliphatic hydroxyl groups is 1. The molecule has 0 saturated carbocycles. The zero-order valence-electron chi connectivity index (χ0n) is 9.32. The molecule has 2 rings (SSSR count). The second-order valence-electron chi connectivity index (χ2n) is 4.20. The second-order valence-corrected chi connectivity index (χ2v) is 4.20. The van der Waals surface area contributed by atoms with E-state index in [2.05, 4.69) is 0 Å². The van der Waals surface area contributed by atoms with E-state index in [4.69, 9.17) is 9.47 Å². The van der Waals surface area contributed by atoms with Gasteiger partial charge in [0.2, 0.25) is 0 Å². The van der Waals surface area contributed by atoms with Crippen molar-refractivity contribution in [3.05, 3.63) is 23.8 Å². The van der Waals surface area contributed by atoms with Crippen LogP contribution in [0.25, 0.3) is 0 Å². The van der Waals surface area contributed by atoms with Crippen molar-refractivity contribution in [2.75, 3.05) is 20.3 Å². The van der Waals surface area contributed by atoms with Crippen molar-refractivity contribution < 1.29 is 19.4 Å². The fraction of sp³-hybridized carbons (Fsp3) is 0.417. The number of hydrogen-bond donors (Lipinski definition) is 1. The molecule has 1 atom stereocenters. The van der Waals surface area contributed by atoms with E-state index >= 15 is 0 Å². The Morgan fingerprint density at radius 3 is 2.94 bits per heavy atom. The van der Waals surface area contributed by atoms with E-state index in [0.717, 1.165) is 0 Å². The molecule has 0 saturated heterocycles. The summed E-state index contributed by atoms with van der Waals surface area (Å²) in [6.07, 6.45) is 0. The van der Waals surface area contributed by atoms with Gasteiger partial charge in [0.1, 0.15) is 18.1 Å². The topological polar surface area (TPSA) is 55.8 Å². The summed E-state index contributed by atoms with van der Waals surface area (Å²) in [5.41, 5.74) is -0.328. The predicted molar refractivity (Wildman–Crippen MR) is 58.0 cm³/mol. The summed E-state index contributed by atoms with van der Waals surface area (Å²) in [6, 6.07) is 5.07. The number of ether oxygens (including phenoxy) is 2. The highest BCUT2D eigenvalue weighted by Crippen LogP contribution is 2.36. The minimum absolute atomic E-state index is 0.0843. The van der Waals surface area contributed by atoms with E-state index in [1.165, 1.54) is 0 Å². The number of hydrogen-bond acceptors (Lipinski definition) is 4. The fourth-order valence-corrected chi connectivity index (χ4v) is 1.68. The van der Waals surface area contributed by atoms with Crippen LogP contribution < -0.4 is 9.47 Å². The number of rotatable bonds is 2. The van der Waals surface area contributed by atoms with Crippen LogP contribution in [0.3, 0.4) is 0 Å². The molecule has 1 aromatic carbocycles. The van der Waals surface area contributed by atoms with Gasteiger partial charge in [-0.25, -0.2) is 0 Å². The van der Waals surface area contributed by atoms with Crippen LogP contribution in [0.5, 0.6) is 11.5 Å². The standard InChI is InChI=1S/C12H14O4/c1-12(6-13)7-16-10-5-8(15-2)3-4-9(10)11(12)14/h3-5,13H,6-7H2,1-2H3. The van der Waals surface area contributed by atoms with Gasteiger partial charge in [-0.3, -0.25) is 4.79 Å². The molecule has 1 unspecified atom stereocenters. The van der Waals surface area contributed by atoms with Crippen LogP contribution in [0.1, 0.15) is 17.3 Å². The van der Waals surface area contributed by atoms with Crippen LogP contribution >= 0.6 is 0 Å². The number of aliphatic hydroxyl groups excluding tert-OH is 1. The molecule has 1 aromatic rings. The first kappa shape index (κ1) is 11.0. The Balaban J connectivity index is 2.43. The van der Waals surface area contributed by atoms with Gasteiger partial charge < -0.3 is 14.6 Å². The molecule has 0 amide bonds. The molecule has 1 N–H and O–H groups in total. The molecule has 0 bridgehead atoms. The number of methoxy groups -OCH3 is 1. The van der Waals surface area contributed by atoms with E-state index in [1.807, 2.05) is 0 Å². The zero-order valence-corrected chi connectivity index (χ0v) is 9.32. The van der Waals surface area contributed by atoms with Crippen molar-refractivity contribution in [1.29, 1.82) is 0 Å². The maximum absolute atomic E-state index is 12.1. The number of carbonyl (C=O) groups excluding carboxylic acids is 1. The second kappa shape index (κ2) is 3.79. The maximum atomic E-state index is 12.1. The summed E-state index contributed by atoms with van der Waals surface area (Å²) < 4.78 is 10.5. The van der Waals surface area contributed by atoms with Gasteiger partial charge in [-0.05, 0) is 19.1 Å². The Bertz CT molecular complexity index is 427. The van der Waals surface area contributed by atoms with E-state index in [9.17, 15) is 9.90 Å². The third-order valence-electron chi connectivity index (χ3n) is 2.88. The first-order chi connectivity index (χ1) is 7.60. The summed E-state index contributed by atoms with van der Waals surface area (Å²) in [5.74, 6) is 1.09. The molecule has 16 heavy (non-hydrogen) atoms. The third kappa shape index (κ3) is 1.55. The molecule has 86 valence electrons. The Hall–Kier alpha value is -1.55. The Morgan fingerprint density at radius 2 is 2.31 bits per heavy atom. The smallest absolute Gasteiger partial charge is 0.178 e. The molecule has 4 nitrogen and oxygen atoms in total. The maximum Gasteiger partial charge on any atom is 0.178 e. The third-order valence-corrected chi connectivity index (χ3v) is 2.88. The summed E-state index contributed by atoms with van der Waals surface area (Å²) in [7, 11) is 1.56. The van der Waals surface area contributed by atoms with Gasteiger partial charge >= 0.3 is 0 Å². The summed E-state index contributed by atoms with van der Waals surface area (Å²) in [4.78, 5) is 12.1. The summed E-state index contributed by atoms with van der Waals surface area (Å²) in [6.45, 7) is 1.68. The molecule has 0 aromatic heterocycles. The molecule has 4 heteroatoms. The number of Topliss-reactive ketones (excluding diaryl/α,β-unsaturated/α-hetero) is 1. The molecule has 0 radical (unpaired) electrons. The number of ketones is 1. The van der Waals surface area contributed by atoms with Gasteiger partial charge in [0.15, 0.2) is 5.78 Å². The predicted octanol–water partition coefficient (Wildman–Crippen LogP) is 1.27. The average molecular weight is 222 g/mol. The van der Waals surface area contributed by atoms with Crippen molar-refractivity contribution >= 4 is 5.78 Å². The molecule has 0 fully saturated rings. The number of benzene rings is 1. The Labute approximate surface area is 93.8 Å². The Kier molecular flexibility index (Phi) is 2.59. The lowest BCUT2D eigenvalue weighted by atomic mass is 9.82. The minimum Gasteiger partial charge on any atom is -0.497 e. The van der Waals surface area contributed by atoms with Gasteiger partial charge in [0.25, 0.3) is 0 Å².